The summed E-state index contributed by atoms with van der Waals surface area (Å²) in [5.74, 6) is 1.13. The number of hydrogen-bond donors (Lipinski definition) is 1. The molecule has 2 heterocycles. The molecule has 2 saturated heterocycles. The van der Waals surface area contributed by atoms with Crippen molar-refractivity contribution in [3.63, 3.8) is 0 Å². The molecule has 0 aromatic heterocycles. The van der Waals surface area contributed by atoms with Crippen LogP contribution in [0, 0.1) is 11.3 Å². The Morgan fingerprint density at radius 3 is 2.31 bits per heavy atom. The Balaban J connectivity index is 1.40. The van der Waals surface area contributed by atoms with Crippen molar-refractivity contribution in [2.45, 2.75) is 90.1 Å². The Kier molecular flexibility index (Phi) is 6.94. The van der Waals surface area contributed by atoms with E-state index in [2.05, 4.69) is 15.9 Å². The molecule has 3 fully saturated rings. The van der Waals surface area contributed by atoms with Crippen LogP contribution in [0.15, 0.2) is 24.3 Å². The second-order valence-corrected chi connectivity index (χ2v) is 11.4. The predicted molar refractivity (Wildman–Crippen MR) is 128 cm³/mol. The van der Waals surface area contributed by atoms with Crippen LogP contribution in [0.1, 0.15) is 94.0 Å². The molecule has 2 N–H and O–H groups in total. The van der Waals surface area contributed by atoms with Crippen molar-refractivity contribution in [1.29, 1.82) is 0 Å². The van der Waals surface area contributed by atoms with Gasteiger partial charge in [0.1, 0.15) is 0 Å². The molecule has 1 aromatic carbocycles. The molecule has 0 spiro atoms. The largest absolute Gasteiger partial charge is 0.366 e. The minimum atomic E-state index is -0.349. The minimum absolute atomic E-state index is 0.301. The third-order valence-electron chi connectivity index (χ3n) is 8.04. The average molecular weight is 440 g/mol. The summed E-state index contributed by atoms with van der Waals surface area (Å²) in [5, 5.41) is 0. The van der Waals surface area contributed by atoms with Gasteiger partial charge in [0, 0.05) is 42.7 Å². The highest BCUT2D eigenvalue weighted by molar-refractivity contribution is 5.92. The molecular formula is C27H41N3O2. The summed E-state index contributed by atoms with van der Waals surface area (Å²) >= 11 is 0. The van der Waals surface area contributed by atoms with Crippen LogP contribution in [0.25, 0.3) is 0 Å². The van der Waals surface area contributed by atoms with Gasteiger partial charge in [0.05, 0.1) is 0 Å². The Bertz CT molecular complexity index is 810. The summed E-state index contributed by atoms with van der Waals surface area (Å²) < 4.78 is 0. The number of nitrogens with zero attached hydrogens (tertiary/aromatic N) is 2. The number of nitrogens with two attached hydrogens (primary N) is 1. The van der Waals surface area contributed by atoms with Crippen LogP contribution in [0.4, 0.5) is 0 Å². The third kappa shape index (κ3) is 5.19. The number of rotatable bonds is 7. The van der Waals surface area contributed by atoms with Gasteiger partial charge in [-0.2, -0.15) is 0 Å². The van der Waals surface area contributed by atoms with Gasteiger partial charge in [-0.15, -0.1) is 0 Å². The lowest BCUT2D eigenvalue weighted by Gasteiger charge is -2.41. The average Bonchev–Trinajstić information content (AvgIpc) is 3.34. The van der Waals surface area contributed by atoms with E-state index in [1.807, 2.05) is 32.9 Å². The molecule has 2 atom stereocenters. The summed E-state index contributed by atoms with van der Waals surface area (Å²) in [4.78, 5) is 29.7. The Labute approximate surface area is 193 Å². The SMILES string of the molecule is CC(C)(C)C(=O)N(CCN1C2CCC1CC(c1cccc(C(N)=O)c1)C2)CC1CCCC1. The zero-order chi connectivity index (χ0) is 22.9. The maximum Gasteiger partial charge on any atom is 0.248 e. The molecule has 2 bridgehead atoms. The maximum atomic E-state index is 13.2. The van der Waals surface area contributed by atoms with Crippen molar-refractivity contribution in [2.75, 3.05) is 19.6 Å². The number of piperidine rings is 1. The smallest absolute Gasteiger partial charge is 0.248 e. The standard InChI is InChI=1S/C27H41N3O2/c1-27(2,3)26(32)29(18-19-7-4-5-8-19)13-14-30-23-11-12-24(30)17-22(16-23)20-9-6-10-21(15-20)25(28)31/h6,9-10,15,19,22-24H,4-5,7-8,11-14,16-18H2,1-3H3,(H2,28,31). The van der Waals surface area contributed by atoms with E-state index in [1.54, 1.807) is 6.07 Å². The van der Waals surface area contributed by atoms with E-state index in [9.17, 15) is 9.59 Å². The van der Waals surface area contributed by atoms with E-state index in [4.69, 9.17) is 5.73 Å². The molecule has 5 nitrogen and oxygen atoms in total. The van der Waals surface area contributed by atoms with Gasteiger partial charge in [0.2, 0.25) is 11.8 Å². The molecule has 1 aromatic rings. The van der Waals surface area contributed by atoms with Crippen LogP contribution in [0.5, 0.6) is 0 Å². The molecule has 2 aliphatic heterocycles. The second kappa shape index (κ2) is 9.54. The lowest BCUT2D eigenvalue weighted by Crippen LogP contribution is -2.49. The molecule has 3 aliphatic rings. The first-order chi connectivity index (χ1) is 15.2. The fraction of sp³-hybridized carbons (Fsp3) is 0.704. The van der Waals surface area contributed by atoms with Crippen molar-refractivity contribution in [3.05, 3.63) is 35.4 Å². The zero-order valence-corrected chi connectivity index (χ0v) is 20.2. The fourth-order valence-electron chi connectivity index (χ4n) is 6.35. The van der Waals surface area contributed by atoms with Gasteiger partial charge < -0.3 is 10.6 Å². The first-order valence-corrected chi connectivity index (χ1v) is 12.7. The lowest BCUT2D eigenvalue weighted by molar-refractivity contribution is -0.140. The molecule has 0 radical (unpaired) electrons. The van der Waals surface area contributed by atoms with Crippen LogP contribution in [0.3, 0.4) is 0 Å². The molecule has 2 amide bonds. The number of fused-ring (bicyclic) bond motifs is 2. The number of carbonyl (C=O) groups is 2. The van der Waals surface area contributed by atoms with Gasteiger partial charge in [-0.3, -0.25) is 14.5 Å². The quantitative estimate of drug-likeness (QED) is 0.677. The topological polar surface area (TPSA) is 66.6 Å². The number of benzene rings is 1. The molecule has 4 rings (SSSR count). The Hall–Kier alpha value is -1.88. The van der Waals surface area contributed by atoms with E-state index in [0.29, 0.717) is 35.4 Å². The molecular weight excluding hydrogens is 398 g/mol. The molecule has 32 heavy (non-hydrogen) atoms. The Morgan fingerprint density at radius 1 is 1.06 bits per heavy atom. The molecule has 5 heteroatoms. The minimum Gasteiger partial charge on any atom is -0.366 e. The van der Waals surface area contributed by atoms with Gasteiger partial charge in [-0.1, -0.05) is 45.7 Å². The van der Waals surface area contributed by atoms with Crippen LogP contribution < -0.4 is 5.73 Å². The van der Waals surface area contributed by atoms with Crippen LogP contribution in [0.2, 0.25) is 0 Å². The van der Waals surface area contributed by atoms with E-state index in [1.165, 1.54) is 44.1 Å². The summed E-state index contributed by atoms with van der Waals surface area (Å²) in [7, 11) is 0. The fourth-order valence-corrected chi connectivity index (χ4v) is 6.35. The van der Waals surface area contributed by atoms with Gasteiger partial charge in [0.15, 0.2) is 0 Å². The number of primary amides is 1. The van der Waals surface area contributed by atoms with E-state index in [-0.39, 0.29) is 11.3 Å². The van der Waals surface area contributed by atoms with Crippen molar-refractivity contribution < 1.29 is 9.59 Å². The van der Waals surface area contributed by atoms with Gasteiger partial charge in [-0.25, -0.2) is 0 Å². The molecule has 1 aliphatic carbocycles. The zero-order valence-electron chi connectivity index (χ0n) is 20.2. The number of hydrogen-bond acceptors (Lipinski definition) is 3. The molecule has 176 valence electrons. The van der Waals surface area contributed by atoms with Crippen LogP contribution in [-0.2, 0) is 4.79 Å². The summed E-state index contributed by atoms with van der Waals surface area (Å²) in [6, 6.07) is 9.07. The summed E-state index contributed by atoms with van der Waals surface area (Å²) in [6.45, 7) is 8.91. The highest BCUT2D eigenvalue weighted by Crippen LogP contribution is 2.43. The van der Waals surface area contributed by atoms with Crippen molar-refractivity contribution in [2.24, 2.45) is 17.1 Å². The third-order valence-corrected chi connectivity index (χ3v) is 8.04. The number of amides is 2. The molecule has 1 saturated carbocycles. The van der Waals surface area contributed by atoms with E-state index >= 15 is 0 Å². The predicted octanol–water partition coefficient (Wildman–Crippen LogP) is 4.56. The highest BCUT2D eigenvalue weighted by atomic mass is 16.2. The normalized spacial score (nSPS) is 26.4. The van der Waals surface area contributed by atoms with Gasteiger partial charge >= 0.3 is 0 Å². The Morgan fingerprint density at radius 2 is 1.72 bits per heavy atom. The van der Waals surface area contributed by atoms with Crippen molar-refractivity contribution in [1.82, 2.24) is 9.80 Å². The summed E-state index contributed by atoms with van der Waals surface area (Å²) in [5.41, 5.74) is 7.04. The van der Waals surface area contributed by atoms with Gasteiger partial charge in [0.25, 0.3) is 0 Å². The van der Waals surface area contributed by atoms with Crippen molar-refractivity contribution in [3.8, 4) is 0 Å². The maximum absolute atomic E-state index is 13.2. The van der Waals surface area contributed by atoms with Gasteiger partial charge in [-0.05, 0) is 68.1 Å². The van der Waals surface area contributed by atoms with E-state index in [0.717, 1.165) is 32.5 Å². The molecule has 2 unspecified atom stereocenters. The number of carbonyl (C=O) groups excluding carboxylic acids is 2. The first kappa shape index (κ1) is 23.3. The van der Waals surface area contributed by atoms with Crippen molar-refractivity contribution >= 4 is 11.8 Å². The lowest BCUT2D eigenvalue weighted by atomic mass is 9.84. The monoisotopic (exact) mass is 439 g/mol. The highest BCUT2D eigenvalue weighted by Gasteiger charge is 2.41. The second-order valence-electron chi connectivity index (χ2n) is 11.4. The van der Waals surface area contributed by atoms with Crippen LogP contribution in [-0.4, -0.2) is 53.3 Å². The summed E-state index contributed by atoms with van der Waals surface area (Å²) in [6.07, 6.45) is 9.93. The van der Waals surface area contributed by atoms with E-state index < -0.39 is 0 Å². The first-order valence-electron chi connectivity index (χ1n) is 12.7. The van der Waals surface area contributed by atoms with Crippen LogP contribution >= 0.6 is 0 Å².